The normalized spacial score (nSPS) is 26.8. The van der Waals surface area contributed by atoms with Crippen molar-refractivity contribution in [3.05, 3.63) is 0 Å². The molecule has 1 saturated heterocycles. The Balaban J connectivity index is 1.75. The molecule has 2 aliphatic rings. The first-order chi connectivity index (χ1) is 9.99. The number of carbonyl (C=O) groups is 1. The second-order valence-electron chi connectivity index (χ2n) is 7.46. The zero-order valence-electron chi connectivity index (χ0n) is 13.7. The minimum atomic E-state index is -1.09. The molecule has 4 heteroatoms. The summed E-state index contributed by atoms with van der Waals surface area (Å²) in [6, 6.07) is 0. The molecular formula is C17H32N2O2. The molecule has 1 aliphatic carbocycles. The third-order valence-electron chi connectivity index (χ3n) is 4.88. The van der Waals surface area contributed by atoms with Crippen LogP contribution in [0.1, 0.15) is 58.8 Å². The quantitative estimate of drug-likeness (QED) is 0.817. The van der Waals surface area contributed by atoms with Crippen molar-refractivity contribution >= 4 is 5.91 Å². The summed E-state index contributed by atoms with van der Waals surface area (Å²) < 4.78 is 0. The van der Waals surface area contributed by atoms with E-state index in [0.717, 1.165) is 38.9 Å². The van der Waals surface area contributed by atoms with E-state index in [1.165, 1.54) is 19.4 Å². The van der Waals surface area contributed by atoms with Crippen LogP contribution in [0.25, 0.3) is 0 Å². The first kappa shape index (κ1) is 16.8. The van der Waals surface area contributed by atoms with Crippen molar-refractivity contribution in [3.63, 3.8) is 0 Å². The van der Waals surface area contributed by atoms with E-state index in [-0.39, 0.29) is 5.91 Å². The van der Waals surface area contributed by atoms with Gasteiger partial charge in [0, 0.05) is 19.6 Å². The largest absolute Gasteiger partial charge is 0.380 e. The maximum atomic E-state index is 12.2. The van der Waals surface area contributed by atoms with Crippen LogP contribution in [-0.2, 0) is 4.79 Å². The summed E-state index contributed by atoms with van der Waals surface area (Å²) in [5.74, 6) is 1.10. The van der Waals surface area contributed by atoms with Gasteiger partial charge in [0.2, 0.25) is 0 Å². The monoisotopic (exact) mass is 296 g/mol. The Labute approximate surface area is 129 Å². The molecular weight excluding hydrogens is 264 g/mol. The highest BCUT2D eigenvalue weighted by Gasteiger charge is 2.37. The summed E-state index contributed by atoms with van der Waals surface area (Å²) in [4.78, 5) is 14.8. The maximum Gasteiger partial charge on any atom is 0.251 e. The van der Waals surface area contributed by atoms with E-state index in [2.05, 4.69) is 24.1 Å². The first-order valence-corrected chi connectivity index (χ1v) is 8.72. The smallest absolute Gasteiger partial charge is 0.251 e. The molecule has 122 valence electrons. The zero-order chi connectivity index (χ0) is 15.3. The molecule has 1 amide bonds. The Morgan fingerprint density at radius 2 is 2.00 bits per heavy atom. The minimum Gasteiger partial charge on any atom is -0.380 e. The van der Waals surface area contributed by atoms with Gasteiger partial charge in [-0.25, -0.2) is 0 Å². The number of amides is 1. The van der Waals surface area contributed by atoms with Crippen molar-refractivity contribution in [2.75, 3.05) is 26.2 Å². The number of carbonyl (C=O) groups excluding carboxylic acids is 1. The van der Waals surface area contributed by atoms with E-state index < -0.39 is 5.60 Å². The number of piperidine rings is 1. The summed E-state index contributed by atoms with van der Waals surface area (Å²) in [5, 5.41) is 13.4. The number of hydrogen-bond acceptors (Lipinski definition) is 3. The van der Waals surface area contributed by atoms with Gasteiger partial charge >= 0.3 is 0 Å². The van der Waals surface area contributed by atoms with Crippen LogP contribution in [0.2, 0.25) is 0 Å². The zero-order valence-corrected chi connectivity index (χ0v) is 13.7. The molecule has 0 aromatic heterocycles. The molecule has 0 unspecified atom stereocenters. The van der Waals surface area contributed by atoms with Gasteiger partial charge in [0.1, 0.15) is 5.60 Å². The van der Waals surface area contributed by atoms with Crippen molar-refractivity contribution in [2.45, 2.75) is 64.4 Å². The topological polar surface area (TPSA) is 52.6 Å². The molecule has 1 atom stereocenters. The maximum absolute atomic E-state index is 12.2. The lowest BCUT2D eigenvalue weighted by Gasteiger charge is -2.35. The molecule has 1 heterocycles. The number of likely N-dealkylation sites (tertiary alicyclic amines) is 1. The van der Waals surface area contributed by atoms with Gasteiger partial charge < -0.3 is 15.3 Å². The van der Waals surface area contributed by atoms with Crippen LogP contribution in [0.4, 0.5) is 0 Å². The number of nitrogens with one attached hydrogen (secondary N) is 1. The third kappa shape index (κ3) is 4.96. The lowest BCUT2D eigenvalue weighted by atomic mass is 9.84. The van der Waals surface area contributed by atoms with Crippen LogP contribution < -0.4 is 5.32 Å². The Morgan fingerprint density at radius 1 is 1.29 bits per heavy atom. The van der Waals surface area contributed by atoms with Gasteiger partial charge in [-0.15, -0.1) is 0 Å². The van der Waals surface area contributed by atoms with Crippen LogP contribution in [0.3, 0.4) is 0 Å². The van der Waals surface area contributed by atoms with Crippen LogP contribution in [-0.4, -0.2) is 47.7 Å². The van der Waals surface area contributed by atoms with Gasteiger partial charge in [-0.05, 0) is 44.1 Å². The van der Waals surface area contributed by atoms with Crippen LogP contribution >= 0.6 is 0 Å². The van der Waals surface area contributed by atoms with E-state index in [9.17, 15) is 9.90 Å². The molecule has 21 heavy (non-hydrogen) atoms. The lowest BCUT2D eigenvalue weighted by molar-refractivity contribution is -0.143. The van der Waals surface area contributed by atoms with Crippen molar-refractivity contribution in [2.24, 2.45) is 11.8 Å². The fourth-order valence-electron chi connectivity index (χ4n) is 3.77. The Bertz CT molecular complexity index is 338. The van der Waals surface area contributed by atoms with E-state index in [0.29, 0.717) is 24.7 Å². The van der Waals surface area contributed by atoms with E-state index in [1.807, 2.05) is 0 Å². The Morgan fingerprint density at radius 3 is 2.67 bits per heavy atom. The van der Waals surface area contributed by atoms with Crippen molar-refractivity contribution in [1.82, 2.24) is 10.2 Å². The Kier molecular flexibility index (Phi) is 6.06. The van der Waals surface area contributed by atoms with Crippen LogP contribution in [0.15, 0.2) is 0 Å². The summed E-state index contributed by atoms with van der Waals surface area (Å²) in [7, 11) is 0. The fourth-order valence-corrected chi connectivity index (χ4v) is 3.77. The van der Waals surface area contributed by atoms with Gasteiger partial charge in [-0.2, -0.15) is 0 Å². The molecule has 0 radical (unpaired) electrons. The van der Waals surface area contributed by atoms with Gasteiger partial charge in [-0.1, -0.05) is 33.1 Å². The molecule has 2 fully saturated rings. The SMILES string of the molecule is CC(C)CN1CCC[C@@H](CNC(=O)C2(O)CCCCC2)C1. The third-order valence-corrected chi connectivity index (χ3v) is 4.88. The second-order valence-corrected chi connectivity index (χ2v) is 7.46. The number of hydrogen-bond donors (Lipinski definition) is 2. The van der Waals surface area contributed by atoms with Crippen molar-refractivity contribution < 1.29 is 9.90 Å². The molecule has 0 aromatic carbocycles. The van der Waals surface area contributed by atoms with E-state index in [1.54, 1.807) is 0 Å². The highest BCUT2D eigenvalue weighted by atomic mass is 16.3. The average Bonchev–Trinajstić information content (AvgIpc) is 2.45. The van der Waals surface area contributed by atoms with Gasteiger partial charge in [0.25, 0.3) is 5.91 Å². The van der Waals surface area contributed by atoms with Crippen molar-refractivity contribution in [1.29, 1.82) is 0 Å². The molecule has 4 nitrogen and oxygen atoms in total. The molecule has 1 aliphatic heterocycles. The van der Waals surface area contributed by atoms with Gasteiger partial charge in [0.15, 0.2) is 0 Å². The summed E-state index contributed by atoms with van der Waals surface area (Å²) >= 11 is 0. The number of nitrogens with zero attached hydrogens (tertiary/aromatic N) is 1. The second kappa shape index (κ2) is 7.59. The highest BCUT2D eigenvalue weighted by Crippen LogP contribution is 2.28. The highest BCUT2D eigenvalue weighted by molar-refractivity contribution is 5.84. The average molecular weight is 296 g/mol. The van der Waals surface area contributed by atoms with Crippen LogP contribution in [0.5, 0.6) is 0 Å². The summed E-state index contributed by atoms with van der Waals surface area (Å²) in [5.41, 5.74) is -1.09. The molecule has 0 bridgehead atoms. The molecule has 0 aromatic rings. The van der Waals surface area contributed by atoms with Gasteiger partial charge in [0.05, 0.1) is 0 Å². The predicted octanol–water partition coefficient (Wildman–Crippen LogP) is 2.17. The molecule has 2 rings (SSSR count). The summed E-state index contributed by atoms with van der Waals surface area (Å²) in [6.45, 7) is 8.64. The Hall–Kier alpha value is -0.610. The van der Waals surface area contributed by atoms with Crippen molar-refractivity contribution in [3.8, 4) is 0 Å². The van der Waals surface area contributed by atoms with E-state index in [4.69, 9.17) is 0 Å². The lowest BCUT2D eigenvalue weighted by Crippen LogP contribution is -2.50. The summed E-state index contributed by atoms with van der Waals surface area (Å²) in [6.07, 6.45) is 6.74. The number of rotatable bonds is 5. The first-order valence-electron chi connectivity index (χ1n) is 8.72. The van der Waals surface area contributed by atoms with Gasteiger partial charge in [-0.3, -0.25) is 4.79 Å². The molecule has 0 spiro atoms. The van der Waals surface area contributed by atoms with E-state index >= 15 is 0 Å². The van der Waals surface area contributed by atoms with Crippen LogP contribution in [0, 0.1) is 11.8 Å². The minimum absolute atomic E-state index is 0.136. The molecule has 2 N–H and O–H groups in total. The molecule has 1 saturated carbocycles. The fraction of sp³-hybridized carbons (Fsp3) is 0.941. The number of aliphatic hydroxyl groups is 1. The predicted molar refractivity (Wildman–Crippen MR) is 85.0 cm³/mol. The standard InChI is InChI=1S/C17H32N2O2/c1-14(2)12-19-10-6-7-15(13-19)11-18-16(20)17(21)8-4-3-5-9-17/h14-15,21H,3-13H2,1-2H3,(H,18,20)/t15-/m0/s1.